The van der Waals surface area contributed by atoms with Crippen molar-refractivity contribution in [1.82, 2.24) is 9.97 Å². The molecule has 0 saturated heterocycles. The van der Waals surface area contributed by atoms with Crippen LogP contribution in [-0.4, -0.2) is 35.0 Å². The number of methoxy groups -OCH3 is 1. The van der Waals surface area contributed by atoms with E-state index in [0.29, 0.717) is 28.5 Å². The molecule has 0 aliphatic heterocycles. The fourth-order valence-electron chi connectivity index (χ4n) is 3.85. The van der Waals surface area contributed by atoms with E-state index in [-0.39, 0.29) is 12.5 Å². The number of hydroxylamine groups is 2. The second kappa shape index (κ2) is 7.91. The topological polar surface area (TPSA) is 146 Å². The Morgan fingerprint density at radius 3 is 3.03 bits per heavy atom. The Hall–Kier alpha value is -2.79. The van der Waals surface area contributed by atoms with E-state index < -0.39 is 5.23 Å². The number of aryl methyl sites for hydroxylation is 1. The molecule has 0 saturated carbocycles. The van der Waals surface area contributed by atoms with Gasteiger partial charge in [0.2, 0.25) is 0 Å². The molecule has 7 N–H and O–H groups in total. The molecule has 2 atom stereocenters. The zero-order valence-electron chi connectivity index (χ0n) is 15.9. The number of hydrogen-bond acceptors (Lipinski definition) is 8. The van der Waals surface area contributed by atoms with Gasteiger partial charge in [0.05, 0.1) is 23.7 Å². The molecule has 10 heteroatoms. The quantitative estimate of drug-likeness (QED) is 0.218. The van der Waals surface area contributed by atoms with Crippen LogP contribution in [0.2, 0.25) is 0 Å². The molecule has 2 unspecified atom stereocenters. The Kier molecular flexibility index (Phi) is 5.33. The predicted molar refractivity (Wildman–Crippen MR) is 112 cm³/mol. The summed E-state index contributed by atoms with van der Waals surface area (Å²) in [5.74, 6) is 1.44. The monoisotopic (exact) mass is 415 g/mol. The van der Waals surface area contributed by atoms with Crippen molar-refractivity contribution in [3.8, 4) is 5.75 Å². The second-order valence-electron chi connectivity index (χ2n) is 7.09. The number of quaternary nitrogens is 1. The van der Waals surface area contributed by atoms with E-state index in [9.17, 15) is 5.21 Å². The largest absolute Gasteiger partial charge is 0.600 e. The van der Waals surface area contributed by atoms with Gasteiger partial charge in [0.1, 0.15) is 29.3 Å². The maximum absolute atomic E-state index is 11.1. The first-order valence-electron chi connectivity index (χ1n) is 9.26. The summed E-state index contributed by atoms with van der Waals surface area (Å²) in [6.07, 6.45) is 5.40. The summed E-state index contributed by atoms with van der Waals surface area (Å²) in [5, 5.41) is 29.5. The van der Waals surface area contributed by atoms with E-state index in [1.165, 1.54) is 23.0 Å². The number of benzene rings is 1. The van der Waals surface area contributed by atoms with Crippen LogP contribution in [0.5, 0.6) is 5.75 Å². The van der Waals surface area contributed by atoms with E-state index >= 15 is 0 Å². The molecule has 9 nitrogen and oxygen atoms in total. The van der Waals surface area contributed by atoms with Crippen molar-refractivity contribution in [3.63, 3.8) is 0 Å². The van der Waals surface area contributed by atoms with Crippen LogP contribution in [0.1, 0.15) is 22.4 Å². The number of nitrogen functional groups attached to an aromatic ring is 1. The molecule has 4 rings (SSSR count). The molecule has 3 aromatic rings. The number of anilines is 3. The molecular weight excluding hydrogens is 392 g/mol. The third-order valence-corrected chi connectivity index (χ3v) is 6.41. The highest BCUT2D eigenvalue weighted by molar-refractivity contribution is 7.19. The third kappa shape index (κ3) is 3.75. The summed E-state index contributed by atoms with van der Waals surface area (Å²) < 4.78 is 5.46. The summed E-state index contributed by atoms with van der Waals surface area (Å²) in [6, 6.07) is 3.54. The summed E-state index contributed by atoms with van der Waals surface area (Å²) >= 11 is 1.61. The molecule has 29 heavy (non-hydrogen) atoms. The fourth-order valence-corrected chi connectivity index (χ4v) is 5.15. The SMILES string of the molecule is COc1cc(N)c(C=[NH2+])cc1Nc1ncnc2sc3c(c12)CCC(C[NH+]([O-])O)C3. The van der Waals surface area contributed by atoms with E-state index in [1.54, 1.807) is 24.5 Å². The van der Waals surface area contributed by atoms with Gasteiger partial charge in [-0.05, 0) is 30.9 Å². The maximum Gasteiger partial charge on any atom is 0.169 e. The van der Waals surface area contributed by atoms with Crippen molar-refractivity contribution < 1.29 is 20.6 Å². The lowest BCUT2D eigenvalue weighted by Gasteiger charge is -2.24. The highest BCUT2D eigenvalue weighted by Gasteiger charge is 2.27. The van der Waals surface area contributed by atoms with Gasteiger partial charge in [-0.25, -0.2) is 20.4 Å². The number of hydrogen-bond donors (Lipinski definition) is 5. The van der Waals surface area contributed by atoms with E-state index in [2.05, 4.69) is 15.3 Å². The van der Waals surface area contributed by atoms with E-state index in [0.717, 1.165) is 29.5 Å². The minimum absolute atomic E-state index is 0.164. The van der Waals surface area contributed by atoms with Crippen LogP contribution >= 0.6 is 11.3 Å². The zero-order valence-corrected chi connectivity index (χ0v) is 16.8. The average molecular weight is 415 g/mol. The van der Waals surface area contributed by atoms with Gasteiger partial charge in [0.15, 0.2) is 6.21 Å². The van der Waals surface area contributed by atoms with Gasteiger partial charge in [0.25, 0.3) is 0 Å². The fraction of sp³-hybridized carbons (Fsp3) is 0.316. The average Bonchev–Trinajstić information content (AvgIpc) is 3.07. The van der Waals surface area contributed by atoms with Gasteiger partial charge in [-0.2, -0.15) is 0 Å². The van der Waals surface area contributed by atoms with Crippen LogP contribution in [0, 0.1) is 11.1 Å². The van der Waals surface area contributed by atoms with E-state index in [4.69, 9.17) is 21.1 Å². The highest BCUT2D eigenvalue weighted by atomic mass is 32.1. The van der Waals surface area contributed by atoms with Crippen LogP contribution in [0.25, 0.3) is 10.2 Å². The smallest absolute Gasteiger partial charge is 0.169 e. The van der Waals surface area contributed by atoms with Crippen LogP contribution < -0.4 is 26.4 Å². The number of fused-ring (bicyclic) bond motifs is 3. The second-order valence-corrected chi connectivity index (χ2v) is 8.17. The van der Waals surface area contributed by atoms with Crippen LogP contribution in [0.3, 0.4) is 0 Å². The number of aromatic nitrogens is 2. The minimum atomic E-state index is -0.746. The number of thiophene rings is 1. The van der Waals surface area contributed by atoms with Gasteiger partial charge in [-0.1, -0.05) is 0 Å². The third-order valence-electron chi connectivity index (χ3n) is 5.25. The zero-order chi connectivity index (χ0) is 20.5. The Morgan fingerprint density at radius 2 is 2.31 bits per heavy atom. The molecule has 152 valence electrons. The van der Waals surface area contributed by atoms with Gasteiger partial charge < -0.3 is 21.0 Å². The lowest BCUT2D eigenvalue weighted by atomic mass is 9.88. The number of nitrogens with two attached hydrogens (primary N) is 2. The first-order chi connectivity index (χ1) is 14.0. The molecular formula is C19H23N6O3S+. The molecule has 2 aromatic heterocycles. The van der Waals surface area contributed by atoms with Gasteiger partial charge >= 0.3 is 0 Å². The van der Waals surface area contributed by atoms with Crippen molar-refractivity contribution in [2.45, 2.75) is 19.3 Å². The molecule has 1 aliphatic carbocycles. The Labute approximate surface area is 171 Å². The molecule has 0 spiro atoms. The molecule has 1 aliphatic rings. The number of ether oxygens (including phenoxy) is 1. The molecule has 1 aromatic carbocycles. The van der Waals surface area contributed by atoms with Crippen molar-refractivity contribution >= 4 is 45.0 Å². The lowest BCUT2D eigenvalue weighted by molar-refractivity contribution is -1.05. The first-order valence-corrected chi connectivity index (χ1v) is 10.1. The Morgan fingerprint density at radius 1 is 1.48 bits per heavy atom. The standard InChI is InChI=1S/C19H22N6O3S/c1-28-15-6-13(21)11(7-20)5-14(15)24-18-17-12-3-2-10(8-25(26)27)4-16(12)29-19(17)23-9-22-18/h5-7,9-10,20,25-26H,2-4,8,21H2,1H3,(H,22,23,24)/p+1. The van der Waals surface area contributed by atoms with Crippen molar-refractivity contribution in [1.29, 1.82) is 0 Å². The van der Waals surface area contributed by atoms with Crippen molar-refractivity contribution in [2.75, 3.05) is 24.7 Å². The summed E-state index contributed by atoms with van der Waals surface area (Å²) in [6.45, 7) is 0.200. The van der Waals surface area contributed by atoms with Crippen LogP contribution in [0.15, 0.2) is 18.5 Å². The van der Waals surface area contributed by atoms with Gasteiger partial charge in [0, 0.05) is 22.5 Å². The number of rotatable bonds is 6. The highest BCUT2D eigenvalue weighted by Crippen LogP contribution is 2.41. The molecule has 0 bridgehead atoms. The molecule has 0 fully saturated rings. The Balaban J connectivity index is 1.73. The Bertz CT molecular complexity index is 1070. The first kappa shape index (κ1) is 19.5. The van der Waals surface area contributed by atoms with E-state index in [1.807, 2.05) is 6.07 Å². The summed E-state index contributed by atoms with van der Waals surface area (Å²) in [7, 11) is 1.58. The predicted octanol–water partition coefficient (Wildman–Crippen LogP) is 0.0805. The van der Waals surface area contributed by atoms with Gasteiger partial charge in [-0.15, -0.1) is 11.3 Å². The normalized spacial score (nSPS) is 17.0. The lowest BCUT2D eigenvalue weighted by Crippen LogP contribution is -3.05. The summed E-state index contributed by atoms with van der Waals surface area (Å²) in [5.41, 5.74) is 9.13. The van der Waals surface area contributed by atoms with Gasteiger partial charge in [-0.3, -0.25) is 5.41 Å². The van der Waals surface area contributed by atoms with Crippen LogP contribution in [-0.2, 0) is 12.8 Å². The number of nitrogens with one attached hydrogen (secondary N) is 2. The summed E-state index contributed by atoms with van der Waals surface area (Å²) in [4.78, 5) is 11.0. The van der Waals surface area contributed by atoms with Crippen molar-refractivity contribution in [3.05, 3.63) is 39.7 Å². The maximum atomic E-state index is 11.1. The molecule has 0 radical (unpaired) electrons. The van der Waals surface area contributed by atoms with Crippen molar-refractivity contribution in [2.24, 2.45) is 5.92 Å². The molecule has 2 heterocycles. The minimum Gasteiger partial charge on any atom is -0.600 e. The number of nitrogens with zero attached hydrogens (tertiary/aromatic N) is 2. The molecule has 0 amide bonds. The van der Waals surface area contributed by atoms with Crippen LogP contribution in [0.4, 0.5) is 17.2 Å².